The Hall–Kier alpha value is -4.74. The van der Waals surface area contributed by atoms with Gasteiger partial charge < -0.3 is 30.3 Å². The molecule has 2 aromatic carbocycles. The molecule has 0 unspecified atom stereocenters. The minimum Gasteiger partial charge on any atom is -0.478 e. The van der Waals surface area contributed by atoms with Crippen LogP contribution in [0.4, 0.5) is 0 Å². The third-order valence-corrected chi connectivity index (χ3v) is 9.72. The van der Waals surface area contributed by atoms with Crippen molar-refractivity contribution in [2.24, 2.45) is 0 Å². The molecule has 0 aliphatic heterocycles. The molecule has 2 aromatic rings. The molecule has 12 heteroatoms. The highest BCUT2D eigenvalue weighted by atomic mass is 16.5. The van der Waals surface area contributed by atoms with Crippen molar-refractivity contribution in [3.63, 3.8) is 0 Å². The summed E-state index contributed by atoms with van der Waals surface area (Å²) in [5.41, 5.74) is -1.45. The van der Waals surface area contributed by atoms with Crippen LogP contribution in [0.1, 0.15) is 223 Å². The lowest BCUT2D eigenvalue weighted by Crippen LogP contribution is -2.16. The molecule has 0 heterocycles. The lowest BCUT2D eigenvalue weighted by molar-refractivity contribution is 0.0486. The summed E-state index contributed by atoms with van der Waals surface area (Å²) in [5.74, 6) is -7.35. The highest BCUT2D eigenvalue weighted by molar-refractivity contribution is 6.06. The van der Waals surface area contributed by atoms with E-state index in [1.165, 1.54) is 115 Å². The minimum absolute atomic E-state index is 0.107. The summed E-state index contributed by atoms with van der Waals surface area (Å²) in [4.78, 5) is 68.6. The number of carboxylic acid groups (broad SMARTS) is 5. The number of hydrogen-bond donors (Lipinski definition) is 5. The number of carbonyl (C=O) groups excluding carboxylic acids is 1. The fourth-order valence-electron chi connectivity index (χ4n) is 6.54. The number of carboxylic acids is 5. The second kappa shape index (κ2) is 29.5. The summed E-state index contributed by atoms with van der Waals surface area (Å²) < 4.78 is 5.15. The highest BCUT2D eigenvalue weighted by Crippen LogP contribution is 2.24. The van der Waals surface area contributed by atoms with E-state index >= 15 is 0 Å². The van der Waals surface area contributed by atoms with Crippen molar-refractivity contribution in [1.29, 1.82) is 0 Å². The van der Waals surface area contributed by atoms with E-state index < -0.39 is 41.4 Å². The molecule has 56 heavy (non-hydrogen) atoms. The first kappa shape index (κ1) is 49.3. The van der Waals surface area contributed by atoms with E-state index in [-0.39, 0.29) is 46.4 Å². The van der Waals surface area contributed by atoms with Crippen LogP contribution in [-0.4, -0.2) is 68.0 Å². The molecular weight excluding hydrogens is 720 g/mol. The summed E-state index contributed by atoms with van der Waals surface area (Å²) in [6.07, 6.45) is 25.8. The summed E-state index contributed by atoms with van der Waals surface area (Å²) in [6.45, 7) is 4.66. The van der Waals surface area contributed by atoms with E-state index in [1.807, 2.05) is 0 Å². The monoisotopic (exact) mass is 784 g/mol. The Bertz CT molecular complexity index is 1530. The summed E-state index contributed by atoms with van der Waals surface area (Å²) in [6, 6.07) is 5.61. The van der Waals surface area contributed by atoms with E-state index in [2.05, 4.69) is 13.8 Å². The molecule has 0 saturated heterocycles. The van der Waals surface area contributed by atoms with Crippen molar-refractivity contribution in [3.8, 4) is 0 Å². The molecule has 0 aliphatic carbocycles. The first-order valence-corrected chi connectivity index (χ1v) is 20.5. The molecule has 0 bridgehead atoms. The molecular formula is C44H64O12. The number of unbranched alkanes of at least 4 members (excludes halogenated alkanes) is 20. The first-order chi connectivity index (χ1) is 26.9. The van der Waals surface area contributed by atoms with E-state index in [0.29, 0.717) is 6.42 Å². The average molecular weight is 785 g/mol. The predicted molar refractivity (Wildman–Crippen MR) is 215 cm³/mol. The van der Waals surface area contributed by atoms with E-state index in [0.717, 1.165) is 50.7 Å². The molecule has 0 atom stereocenters. The lowest BCUT2D eigenvalue weighted by Gasteiger charge is -2.12. The summed E-state index contributed by atoms with van der Waals surface area (Å²) in [7, 11) is 0. The van der Waals surface area contributed by atoms with Gasteiger partial charge in [-0.3, -0.25) is 0 Å². The van der Waals surface area contributed by atoms with E-state index in [1.54, 1.807) is 0 Å². The standard InChI is InChI=1S/2C22H32O6/c1-2-3-4-5-6-7-8-9-10-11-12-15-28-22(27)18-14-13-17(20(23)24)16-19(18)21(25)26;1-2-3-4-5-6-7-8-9-10-11-12-13-16-17(20(23)24)14-15-18(21(25)26)19(16)22(27)28/h13-14,16H,2-12,15H2,1H3,(H,23,24)(H,25,26);14-15H,2-13H2,1H3,(H,23,24)(H,25,26)(H,27,28). The molecule has 0 aliphatic rings. The Morgan fingerprint density at radius 3 is 1.23 bits per heavy atom. The van der Waals surface area contributed by atoms with Crippen LogP contribution in [0.3, 0.4) is 0 Å². The van der Waals surface area contributed by atoms with Gasteiger partial charge in [-0.1, -0.05) is 142 Å². The molecule has 2 rings (SSSR count). The zero-order chi connectivity index (χ0) is 41.7. The van der Waals surface area contributed by atoms with Gasteiger partial charge in [0, 0.05) is 0 Å². The Labute approximate surface area is 331 Å². The van der Waals surface area contributed by atoms with Gasteiger partial charge in [-0.05, 0) is 55.2 Å². The van der Waals surface area contributed by atoms with Gasteiger partial charge >= 0.3 is 35.8 Å². The molecule has 312 valence electrons. The molecule has 0 spiro atoms. The molecule has 0 fully saturated rings. The van der Waals surface area contributed by atoms with Gasteiger partial charge in [-0.25, -0.2) is 28.8 Å². The zero-order valence-electron chi connectivity index (χ0n) is 33.5. The molecule has 5 N–H and O–H groups in total. The van der Waals surface area contributed by atoms with Gasteiger partial charge in [-0.15, -0.1) is 0 Å². The number of hydrogen-bond acceptors (Lipinski definition) is 7. The number of esters is 1. The summed E-state index contributed by atoms with van der Waals surface area (Å²) in [5, 5.41) is 46.1. The quantitative estimate of drug-likeness (QED) is 0.0370. The topological polar surface area (TPSA) is 213 Å². The third kappa shape index (κ3) is 19.7. The van der Waals surface area contributed by atoms with Gasteiger partial charge in [0.1, 0.15) is 0 Å². The molecule has 0 radical (unpaired) electrons. The second-order valence-electron chi connectivity index (χ2n) is 14.3. The maximum atomic E-state index is 12.1. The first-order valence-electron chi connectivity index (χ1n) is 20.5. The Balaban J connectivity index is 0.000000560. The fraction of sp³-hybridized carbons (Fsp3) is 0.591. The Morgan fingerprint density at radius 1 is 0.429 bits per heavy atom. The Morgan fingerprint density at radius 2 is 0.821 bits per heavy atom. The molecule has 0 saturated carbocycles. The van der Waals surface area contributed by atoms with Gasteiger partial charge in [0.15, 0.2) is 0 Å². The zero-order valence-corrected chi connectivity index (χ0v) is 33.5. The van der Waals surface area contributed by atoms with Crippen LogP contribution in [0.25, 0.3) is 0 Å². The largest absolute Gasteiger partial charge is 0.478 e. The van der Waals surface area contributed by atoms with Crippen LogP contribution >= 0.6 is 0 Å². The van der Waals surface area contributed by atoms with Crippen LogP contribution in [0.15, 0.2) is 30.3 Å². The maximum absolute atomic E-state index is 12.1. The van der Waals surface area contributed by atoms with Crippen molar-refractivity contribution in [3.05, 3.63) is 69.3 Å². The van der Waals surface area contributed by atoms with Crippen molar-refractivity contribution < 1.29 is 59.0 Å². The molecule has 0 aromatic heterocycles. The number of ether oxygens (including phenoxy) is 1. The van der Waals surface area contributed by atoms with Gasteiger partial charge in [0.2, 0.25) is 0 Å². The SMILES string of the molecule is CCCCCCCCCCCCCOC(=O)c1ccc(C(=O)O)cc1C(=O)O.CCCCCCCCCCCCCc1c(C(=O)O)ccc(C(=O)O)c1C(=O)O. The third-order valence-electron chi connectivity index (χ3n) is 9.72. The van der Waals surface area contributed by atoms with Gasteiger partial charge in [0.25, 0.3) is 0 Å². The second-order valence-corrected chi connectivity index (χ2v) is 14.3. The van der Waals surface area contributed by atoms with Crippen molar-refractivity contribution >= 4 is 35.8 Å². The number of carbonyl (C=O) groups is 6. The highest BCUT2D eigenvalue weighted by Gasteiger charge is 2.25. The van der Waals surface area contributed by atoms with Crippen LogP contribution in [0.5, 0.6) is 0 Å². The molecule has 12 nitrogen and oxygen atoms in total. The number of aromatic carboxylic acids is 5. The minimum atomic E-state index is -1.40. The van der Waals surface area contributed by atoms with Crippen LogP contribution in [0.2, 0.25) is 0 Å². The lowest BCUT2D eigenvalue weighted by atomic mass is 9.91. The van der Waals surface area contributed by atoms with Crippen LogP contribution in [0, 0.1) is 0 Å². The van der Waals surface area contributed by atoms with Crippen LogP contribution < -0.4 is 0 Å². The van der Waals surface area contributed by atoms with Gasteiger partial charge in [-0.2, -0.15) is 0 Å². The predicted octanol–water partition coefficient (Wildman–Crippen LogP) is 11.2. The van der Waals surface area contributed by atoms with Crippen molar-refractivity contribution in [2.75, 3.05) is 6.61 Å². The Kier molecular flexibility index (Phi) is 26.0. The van der Waals surface area contributed by atoms with E-state index in [9.17, 15) is 49.2 Å². The average Bonchev–Trinajstić information content (AvgIpc) is 3.16. The maximum Gasteiger partial charge on any atom is 0.339 e. The summed E-state index contributed by atoms with van der Waals surface area (Å²) >= 11 is 0. The van der Waals surface area contributed by atoms with E-state index in [4.69, 9.17) is 9.84 Å². The normalized spacial score (nSPS) is 10.7. The van der Waals surface area contributed by atoms with Crippen LogP contribution in [-0.2, 0) is 11.2 Å². The fourth-order valence-corrected chi connectivity index (χ4v) is 6.54. The molecule has 0 amide bonds. The van der Waals surface area contributed by atoms with Crippen molar-refractivity contribution in [1.82, 2.24) is 0 Å². The van der Waals surface area contributed by atoms with Crippen molar-refractivity contribution in [2.45, 2.75) is 162 Å². The number of benzene rings is 2. The smallest absolute Gasteiger partial charge is 0.339 e. The number of rotatable bonds is 30. The van der Waals surface area contributed by atoms with Gasteiger partial charge in [0.05, 0.1) is 40.0 Å².